The van der Waals surface area contributed by atoms with Gasteiger partial charge < -0.3 is 9.39 Å². The lowest BCUT2D eigenvalue weighted by atomic mass is 9.56. The minimum Gasteiger partial charge on any atom is -0.424 e. The number of ether oxygens (including phenoxy) is 1. The van der Waals surface area contributed by atoms with Crippen molar-refractivity contribution < 1.29 is 9.39 Å². The van der Waals surface area contributed by atoms with Crippen LogP contribution in [0.1, 0.15) is 34.1 Å². The minimum atomic E-state index is 0.0504. The lowest BCUT2D eigenvalue weighted by Crippen LogP contribution is -2.24. The van der Waals surface area contributed by atoms with Gasteiger partial charge in [-0.3, -0.25) is 0 Å². The Bertz CT molecular complexity index is 241. The van der Waals surface area contributed by atoms with E-state index < -0.39 is 0 Å². The van der Waals surface area contributed by atoms with Crippen molar-refractivity contribution in [2.75, 3.05) is 19.8 Å². The van der Waals surface area contributed by atoms with Crippen molar-refractivity contribution in [1.82, 2.24) is 0 Å². The third kappa shape index (κ3) is 4.73. The van der Waals surface area contributed by atoms with Crippen LogP contribution in [-0.2, 0) is 9.39 Å². The molecule has 1 aliphatic rings. The third-order valence-corrected chi connectivity index (χ3v) is 2.33. The first-order valence-electron chi connectivity index (χ1n) is 5.75. The maximum Gasteiger partial charge on any atom is 0.385 e. The van der Waals surface area contributed by atoms with Crippen LogP contribution in [0, 0.1) is 17.2 Å². The zero-order chi connectivity index (χ0) is 11.3. The van der Waals surface area contributed by atoms with Gasteiger partial charge in [0.1, 0.15) is 0 Å². The molecule has 1 fully saturated rings. The second-order valence-electron chi connectivity index (χ2n) is 5.02. The van der Waals surface area contributed by atoms with Crippen molar-refractivity contribution in [2.24, 2.45) is 5.41 Å². The van der Waals surface area contributed by atoms with Gasteiger partial charge in [-0.05, 0) is 34.1 Å². The van der Waals surface area contributed by atoms with Gasteiger partial charge >= 0.3 is 6.92 Å². The molecule has 0 amide bonds. The standard InChI is InChI=1S/C12H21BO2/c1-5-15-13(8-7-12(2,3)4)11-6-9-14-10-11/h11H,5-6,9-10H2,1-4H3. The summed E-state index contributed by atoms with van der Waals surface area (Å²) in [6.07, 6.45) is 1.07. The van der Waals surface area contributed by atoms with Crippen LogP contribution >= 0.6 is 0 Å². The molecule has 1 heterocycles. The summed E-state index contributed by atoms with van der Waals surface area (Å²) in [5.41, 5.74) is 0.0504. The molecule has 0 spiro atoms. The second-order valence-corrected chi connectivity index (χ2v) is 5.02. The Morgan fingerprint density at radius 1 is 1.47 bits per heavy atom. The van der Waals surface area contributed by atoms with Gasteiger partial charge in [-0.2, -0.15) is 0 Å². The monoisotopic (exact) mass is 208 g/mol. The van der Waals surface area contributed by atoms with E-state index in [1.807, 2.05) is 6.92 Å². The average Bonchev–Trinajstić information content (AvgIpc) is 2.63. The molecule has 1 atom stereocenters. The maximum absolute atomic E-state index is 5.67. The predicted molar refractivity (Wildman–Crippen MR) is 63.8 cm³/mol. The normalized spacial score (nSPS) is 20.9. The van der Waals surface area contributed by atoms with Crippen LogP contribution in [-0.4, -0.2) is 26.7 Å². The lowest BCUT2D eigenvalue weighted by molar-refractivity contribution is 0.196. The van der Waals surface area contributed by atoms with Crippen molar-refractivity contribution in [3.63, 3.8) is 0 Å². The Hall–Kier alpha value is -0.455. The largest absolute Gasteiger partial charge is 0.424 e. The first-order chi connectivity index (χ1) is 7.03. The Balaban J connectivity index is 2.59. The summed E-state index contributed by atoms with van der Waals surface area (Å²) in [6.45, 7) is 10.8. The molecule has 0 aliphatic carbocycles. The number of hydrogen-bond donors (Lipinski definition) is 0. The highest BCUT2D eigenvalue weighted by atomic mass is 16.5. The Morgan fingerprint density at radius 2 is 2.20 bits per heavy atom. The van der Waals surface area contributed by atoms with Gasteiger partial charge in [-0.1, -0.05) is 0 Å². The van der Waals surface area contributed by atoms with Crippen molar-refractivity contribution in [3.8, 4) is 11.7 Å². The second kappa shape index (κ2) is 5.58. The van der Waals surface area contributed by atoms with Crippen molar-refractivity contribution in [1.29, 1.82) is 0 Å². The van der Waals surface area contributed by atoms with Gasteiger partial charge in [0.05, 0.1) is 0 Å². The molecule has 3 heteroatoms. The Kier molecular flexibility index (Phi) is 4.69. The lowest BCUT2D eigenvalue weighted by Gasteiger charge is -2.14. The Labute approximate surface area is 93.8 Å². The van der Waals surface area contributed by atoms with Gasteiger partial charge in [-0.15, -0.1) is 11.7 Å². The van der Waals surface area contributed by atoms with E-state index in [1.165, 1.54) is 0 Å². The van der Waals surface area contributed by atoms with E-state index in [-0.39, 0.29) is 12.3 Å². The van der Waals surface area contributed by atoms with Crippen LogP contribution < -0.4 is 0 Å². The first-order valence-corrected chi connectivity index (χ1v) is 5.75. The van der Waals surface area contributed by atoms with E-state index in [0.717, 1.165) is 26.2 Å². The van der Waals surface area contributed by atoms with E-state index >= 15 is 0 Å². The van der Waals surface area contributed by atoms with Crippen LogP contribution in [0.2, 0.25) is 5.82 Å². The highest BCUT2D eigenvalue weighted by Gasteiger charge is 2.29. The van der Waals surface area contributed by atoms with Gasteiger partial charge in [0.15, 0.2) is 0 Å². The summed E-state index contributed by atoms with van der Waals surface area (Å²) in [5.74, 6) is 6.96. The van der Waals surface area contributed by atoms with Gasteiger partial charge in [-0.25, -0.2) is 0 Å². The summed E-state index contributed by atoms with van der Waals surface area (Å²) in [7, 11) is 0. The van der Waals surface area contributed by atoms with Gasteiger partial charge in [0.2, 0.25) is 0 Å². The van der Waals surface area contributed by atoms with E-state index in [1.54, 1.807) is 0 Å². The molecule has 1 unspecified atom stereocenters. The number of hydrogen-bond acceptors (Lipinski definition) is 2. The first kappa shape index (κ1) is 12.6. The molecule has 0 bridgehead atoms. The quantitative estimate of drug-likeness (QED) is 0.523. The van der Waals surface area contributed by atoms with Gasteiger partial charge in [0.25, 0.3) is 0 Å². The fourth-order valence-electron chi connectivity index (χ4n) is 1.55. The van der Waals surface area contributed by atoms with Crippen molar-refractivity contribution >= 4 is 6.92 Å². The highest BCUT2D eigenvalue weighted by molar-refractivity contribution is 6.63. The molecule has 0 aromatic carbocycles. The zero-order valence-electron chi connectivity index (χ0n) is 10.3. The van der Waals surface area contributed by atoms with E-state index in [9.17, 15) is 0 Å². The number of rotatable bonds is 3. The Morgan fingerprint density at radius 3 is 2.67 bits per heavy atom. The fourth-order valence-corrected chi connectivity index (χ4v) is 1.55. The maximum atomic E-state index is 5.67. The molecular formula is C12H21BO2. The van der Waals surface area contributed by atoms with Crippen LogP contribution in [0.25, 0.3) is 0 Å². The molecule has 84 valence electrons. The molecule has 1 aliphatic heterocycles. The molecule has 0 saturated carbocycles. The van der Waals surface area contributed by atoms with Crippen LogP contribution in [0.3, 0.4) is 0 Å². The summed E-state index contributed by atoms with van der Waals surface area (Å²) in [5, 5.41) is 0. The molecule has 2 nitrogen and oxygen atoms in total. The molecular weight excluding hydrogens is 187 g/mol. The summed E-state index contributed by atoms with van der Waals surface area (Å²) < 4.78 is 11.0. The smallest absolute Gasteiger partial charge is 0.385 e. The van der Waals surface area contributed by atoms with Crippen LogP contribution in [0.4, 0.5) is 0 Å². The summed E-state index contributed by atoms with van der Waals surface area (Å²) in [4.78, 5) is 0. The summed E-state index contributed by atoms with van der Waals surface area (Å²) in [6, 6.07) is 0. The predicted octanol–water partition coefficient (Wildman–Crippen LogP) is 2.39. The molecule has 0 N–H and O–H groups in total. The van der Waals surface area contributed by atoms with Crippen molar-refractivity contribution in [3.05, 3.63) is 0 Å². The molecule has 15 heavy (non-hydrogen) atoms. The van der Waals surface area contributed by atoms with E-state index in [0.29, 0.717) is 5.82 Å². The average molecular weight is 208 g/mol. The van der Waals surface area contributed by atoms with Crippen LogP contribution in [0.5, 0.6) is 0 Å². The molecule has 0 radical (unpaired) electrons. The SMILES string of the molecule is CCOB(C#CC(C)(C)C)C1CCOC1. The van der Waals surface area contributed by atoms with E-state index in [2.05, 4.69) is 32.5 Å². The highest BCUT2D eigenvalue weighted by Crippen LogP contribution is 2.23. The van der Waals surface area contributed by atoms with E-state index in [4.69, 9.17) is 9.39 Å². The zero-order valence-corrected chi connectivity index (χ0v) is 10.3. The van der Waals surface area contributed by atoms with Gasteiger partial charge in [0, 0.05) is 31.1 Å². The fraction of sp³-hybridized carbons (Fsp3) is 0.833. The molecule has 1 rings (SSSR count). The molecule has 0 aromatic rings. The molecule has 1 saturated heterocycles. The minimum absolute atomic E-state index is 0.0504. The van der Waals surface area contributed by atoms with Crippen LogP contribution in [0.15, 0.2) is 0 Å². The summed E-state index contributed by atoms with van der Waals surface area (Å²) >= 11 is 0. The topological polar surface area (TPSA) is 18.5 Å². The third-order valence-electron chi connectivity index (χ3n) is 2.33. The molecule has 0 aromatic heterocycles. The van der Waals surface area contributed by atoms with Crippen molar-refractivity contribution in [2.45, 2.75) is 39.9 Å².